The molecule has 156 valence electrons. The lowest BCUT2D eigenvalue weighted by Gasteiger charge is -2.44. The summed E-state index contributed by atoms with van der Waals surface area (Å²) in [6.45, 7) is 2.20. The number of hydrogen-bond donors (Lipinski definition) is 1. The lowest BCUT2D eigenvalue weighted by atomic mass is 9.78. The molecule has 4 amide bonds. The molecule has 2 saturated heterocycles. The predicted octanol–water partition coefficient (Wildman–Crippen LogP) is 2.64. The smallest absolute Gasteiger partial charge is 0.325 e. The van der Waals surface area contributed by atoms with Gasteiger partial charge in [0.1, 0.15) is 17.8 Å². The summed E-state index contributed by atoms with van der Waals surface area (Å²) in [5.41, 5.74) is -0.518. The number of nitrogens with zero attached hydrogens (tertiary/aromatic N) is 2. The topological polar surface area (TPSA) is 79.0 Å². The van der Waals surface area contributed by atoms with Crippen molar-refractivity contribution in [2.75, 3.05) is 20.2 Å². The largest absolute Gasteiger partial charge is 0.497 e. The molecule has 3 aliphatic rings. The number of fused-ring (bicyclic) bond motifs is 1. The van der Waals surface area contributed by atoms with Crippen LogP contribution in [0.5, 0.6) is 5.75 Å². The highest BCUT2D eigenvalue weighted by molar-refractivity contribution is 6.09. The minimum absolute atomic E-state index is 0.121. The normalized spacial score (nSPS) is 29.4. The van der Waals surface area contributed by atoms with Gasteiger partial charge < -0.3 is 15.0 Å². The van der Waals surface area contributed by atoms with E-state index in [2.05, 4.69) is 5.32 Å². The van der Waals surface area contributed by atoms with Crippen molar-refractivity contribution in [3.8, 4) is 5.75 Å². The van der Waals surface area contributed by atoms with E-state index in [0.29, 0.717) is 17.2 Å². The average Bonchev–Trinajstić information content (AvgIpc) is 2.97. The molecule has 29 heavy (non-hydrogen) atoms. The molecule has 4 rings (SSSR count). The third kappa shape index (κ3) is 3.47. The molecule has 0 spiro atoms. The van der Waals surface area contributed by atoms with Crippen LogP contribution in [0.3, 0.4) is 0 Å². The number of urea groups is 1. The molecule has 2 heterocycles. The summed E-state index contributed by atoms with van der Waals surface area (Å²) >= 11 is 0. The Morgan fingerprint density at radius 2 is 1.83 bits per heavy atom. The minimum Gasteiger partial charge on any atom is -0.497 e. The summed E-state index contributed by atoms with van der Waals surface area (Å²) in [7, 11) is 1.57. The van der Waals surface area contributed by atoms with Crippen LogP contribution in [0.2, 0.25) is 0 Å². The molecular weight excluding hydrogens is 370 g/mol. The van der Waals surface area contributed by atoms with Gasteiger partial charge in [0.15, 0.2) is 0 Å². The first kappa shape index (κ1) is 19.7. The van der Waals surface area contributed by atoms with Crippen molar-refractivity contribution in [3.63, 3.8) is 0 Å². The summed E-state index contributed by atoms with van der Waals surface area (Å²) in [4.78, 5) is 41.8. The zero-order valence-corrected chi connectivity index (χ0v) is 17.1. The number of methoxy groups -OCH3 is 1. The fourth-order valence-corrected chi connectivity index (χ4v) is 5.12. The zero-order valence-electron chi connectivity index (χ0n) is 17.1. The number of likely N-dealkylation sites (tertiary alicyclic amines) is 1. The van der Waals surface area contributed by atoms with Gasteiger partial charge in [0.05, 0.1) is 7.11 Å². The maximum atomic E-state index is 13.1. The van der Waals surface area contributed by atoms with Gasteiger partial charge in [0.2, 0.25) is 5.91 Å². The van der Waals surface area contributed by atoms with Crippen molar-refractivity contribution in [2.24, 2.45) is 5.92 Å². The van der Waals surface area contributed by atoms with Crippen molar-refractivity contribution in [1.82, 2.24) is 15.1 Å². The number of ether oxygens (including phenoxy) is 1. The van der Waals surface area contributed by atoms with Crippen molar-refractivity contribution in [2.45, 2.75) is 57.0 Å². The van der Waals surface area contributed by atoms with Crippen molar-refractivity contribution < 1.29 is 19.1 Å². The highest BCUT2D eigenvalue weighted by Crippen LogP contribution is 2.36. The van der Waals surface area contributed by atoms with E-state index in [1.54, 1.807) is 38.3 Å². The molecule has 1 N–H and O–H groups in total. The molecule has 1 aromatic carbocycles. The van der Waals surface area contributed by atoms with E-state index in [0.717, 1.165) is 30.7 Å². The van der Waals surface area contributed by atoms with Gasteiger partial charge in [0.25, 0.3) is 5.91 Å². The molecule has 3 fully saturated rings. The Hall–Kier alpha value is -2.57. The van der Waals surface area contributed by atoms with E-state index in [1.807, 2.05) is 4.90 Å². The number of amides is 4. The summed E-state index contributed by atoms with van der Waals surface area (Å²) in [6, 6.07) is 6.78. The van der Waals surface area contributed by atoms with Gasteiger partial charge in [-0.1, -0.05) is 25.0 Å². The van der Waals surface area contributed by atoms with Crippen LogP contribution in [-0.2, 0) is 15.1 Å². The highest BCUT2D eigenvalue weighted by Gasteiger charge is 2.50. The quantitative estimate of drug-likeness (QED) is 0.790. The minimum atomic E-state index is -1.18. The number of benzene rings is 1. The molecule has 7 heteroatoms. The molecule has 2 aliphatic heterocycles. The van der Waals surface area contributed by atoms with E-state index >= 15 is 0 Å². The summed E-state index contributed by atoms with van der Waals surface area (Å²) < 4.78 is 5.16. The fourth-order valence-electron chi connectivity index (χ4n) is 5.12. The molecule has 0 radical (unpaired) electrons. The van der Waals surface area contributed by atoms with Crippen LogP contribution in [0.15, 0.2) is 24.3 Å². The van der Waals surface area contributed by atoms with E-state index in [1.165, 1.54) is 19.3 Å². The first-order valence-electron chi connectivity index (χ1n) is 10.5. The average molecular weight is 399 g/mol. The van der Waals surface area contributed by atoms with Gasteiger partial charge in [-0.15, -0.1) is 0 Å². The Bertz CT molecular complexity index is 807. The lowest BCUT2D eigenvalue weighted by molar-refractivity contribution is -0.142. The lowest BCUT2D eigenvalue weighted by Crippen LogP contribution is -2.53. The molecule has 0 unspecified atom stereocenters. The Morgan fingerprint density at radius 1 is 1.14 bits per heavy atom. The van der Waals surface area contributed by atoms with Gasteiger partial charge in [-0.3, -0.25) is 14.5 Å². The standard InChI is InChI=1S/C22H29N3O4/c1-22(16-9-11-17(29-2)12-10-16)20(27)25(21(28)23-22)14-19(26)24-13-5-7-15-6-3-4-8-18(15)24/h9-12,15,18H,3-8,13-14H2,1-2H3,(H,23,28)/t15-,18+,22-/m1/s1. The van der Waals surface area contributed by atoms with Crippen LogP contribution in [0.1, 0.15) is 51.0 Å². The fraction of sp³-hybridized carbons (Fsp3) is 0.591. The summed E-state index contributed by atoms with van der Waals surface area (Å²) in [5.74, 6) is 0.727. The van der Waals surface area contributed by atoms with Crippen molar-refractivity contribution in [3.05, 3.63) is 29.8 Å². The first-order valence-corrected chi connectivity index (χ1v) is 10.5. The third-order valence-corrected chi connectivity index (χ3v) is 6.80. The van der Waals surface area contributed by atoms with Gasteiger partial charge in [-0.25, -0.2) is 4.79 Å². The van der Waals surface area contributed by atoms with Gasteiger partial charge in [-0.2, -0.15) is 0 Å². The second-order valence-corrected chi connectivity index (χ2v) is 8.52. The van der Waals surface area contributed by atoms with Crippen LogP contribution >= 0.6 is 0 Å². The van der Waals surface area contributed by atoms with Crippen LogP contribution in [0, 0.1) is 5.92 Å². The molecule has 7 nitrogen and oxygen atoms in total. The molecule has 0 aromatic heterocycles. The van der Waals surface area contributed by atoms with Crippen LogP contribution in [-0.4, -0.2) is 53.9 Å². The van der Waals surface area contributed by atoms with E-state index in [-0.39, 0.29) is 18.5 Å². The van der Waals surface area contributed by atoms with Crippen LogP contribution < -0.4 is 10.1 Å². The Kier molecular flexibility index (Phi) is 5.23. The zero-order chi connectivity index (χ0) is 20.6. The molecule has 1 aromatic rings. The third-order valence-electron chi connectivity index (χ3n) is 6.80. The second kappa shape index (κ2) is 7.69. The SMILES string of the molecule is COc1ccc([C@@]2(C)NC(=O)N(CC(=O)N3CCC[C@H]4CCCC[C@@H]43)C2=O)cc1. The van der Waals surface area contributed by atoms with Gasteiger partial charge in [0, 0.05) is 12.6 Å². The molecule has 3 atom stereocenters. The Morgan fingerprint density at radius 3 is 2.55 bits per heavy atom. The monoisotopic (exact) mass is 399 g/mol. The van der Waals surface area contributed by atoms with Crippen molar-refractivity contribution in [1.29, 1.82) is 0 Å². The van der Waals surface area contributed by atoms with Gasteiger partial charge >= 0.3 is 6.03 Å². The predicted molar refractivity (Wildman–Crippen MR) is 107 cm³/mol. The van der Waals surface area contributed by atoms with Gasteiger partial charge in [-0.05, 0) is 56.2 Å². The van der Waals surface area contributed by atoms with Crippen LogP contribution in [0.25, 0.3) is 0 Å². The maximum Gasteiger partial charge on any atom is 0.325 e. The first-order chi connectivity index (χ1) is 13.9. The van der Waals surface area contributed by atoms with E-state index in [9.17, 15) is 14.4 Å². The number of rotatable bonds is 4. The van der Waals surface area contributed by atoms with E-state index < -0.39 is 17.5 Å². The van der Waals surface area contributed by atoms with E-state index in [4.69, 9.17) is 4.74 Å². The Labute approximate surface area is 171 Å². The number of hydrogen-bond acceptors (Lipinski definition) is 4. The maximum absolute atomic E-state index is 13.1. The number of carbonyl (C=O) groups excluding carboxylic acids is 3. The molecule has 1 saturated carbocycles. The van der Waals surface area contributed by atoms with Crippen LogP contribution in [0.4, 0.5) is 4.79 Å². The molecule has 1 aliphatic carbocycles. The number of imide groups is 1. The summed E-state index contributed by atoms with van der Waals surface area (Å²) in [6.07, 6.45) is 6.75. The summed E-state index contributed by atoms with van der Waals surface area (Å²) in [5, 5.41) is 2.77. The number of piperidine rings is 1. The van der Waals surface area contributed by atoms with Crippen molar-refractivity contribution >= 4 is 17.8 Å². The second-order valence-electron chi connectivity index (χ2n) is 8.52. The molecule has 0 bridgehead atoms. The Balaban J connectivity index is 1.49. The molecular formula is C22H29N3O4. The number of carbonyl (C=O) groups is 3. The number of nitrogens with one attached hydrogen (secondary N) is 1. The highest BCUT2D eigenvalue weighted by atomic mass is 16.5.